The third-order valence-corrected chi connectivity index (χ3v) is 7.45. The Bertz CT molecular complexity index is 1290. The molecule has 12 heteroatoms. The van der Waals surface area contributed by atoms with E-state index in [4.69, 9.17) is 31.3 Å². The minimum atomic E-state index is -4.71. The molecule has 1 aromatic heterocycles. The number of carbonyl (C=O) groups is 2. The second kappa shape index (κ2) is 11.7. The quantitative estimate of drug-likeness (QED) is 0.137. The highest BCUT2D eigenvalue weighted by Crippen LogP contribution is 2.58. The predicted octanol–water partition coefficient (Wildman–Crippen LogP) is 5.69. The molecule has 35 heavy (non-hydrogen) atoms. The third kappa shape index (κ3) is 7.30. The van der Waals surface area contributed by atoms with Crippen LogP contribution >= 0.6 is 30.5 Å². The molecule has 0 aliphatic heterocycles. The number of nitrogens with one attached hydrogen (secondary N) is 1. The van der Waals surface area contributed by atoms with Crippen molar-refractivity contribution in [3.63, 3.8) is 0 Å². The third-order valence-electron chi connectivity index (χ3n) is 4.59. The van der Waals surface area contributed by atoms with Gasteiger partial charge in [0.1, 0.15) is 0 Å². The van der Waals surface area contributed by atoms with Crippen LogP contribution < -0.4 is 11.1 Å². The summed E-state index contributed by atoms with van der Waals surface area (Å²) >= 11 is 7.40. The minimum absolute atomic E-state index is 0.248. The Hall–Kier alpha value is -2.88. The fraction of sp³-hybridized carbons (Fsp3) is 0.217. The molecule has 2 atom stereocenters. The van der Waals surface area contributed by atoms with E-state index in [-0.39, 0.29) is 5.56 Å². The van der Waals surface area contributed by atoms with Crippen LogP contribution in [0.15, 0.2) is 54.0 Å². The van der Waals surface area contributed by atoms with E-state index >= 15 is 0 Å². The van der Waals surface area contributed by atoms with Crippen LogP contribution in [0.25, 0.3) is 16.2 Å². The standard InChI is InChI=1S/C23H24ClN2O7PS/c1-14(2)33-23(28)31-13-32-34(29,30)21(19-12-35-20-7-6-16(24)11-18(19)20)22(27)26-9-8-15-4-3-5-17(25)10-15/h3-12,14,21H,13,25H2,1-2H3,(H,26,27)(H,29,30). The maximum atomic E-state index is 13.2. The van der Waals surface area contributed by atoms with Crippen molar-refractivity contribution in [2.45, 2.75) is 25.6 Å². The van der Waals surface area contributed by atoms with E-state index in [9.17, 15) is 19.0 Å². The summed E-state index contributed by atoms with van der Waals surface area (Å²) in [4.78, 5) is 35.5. The van der Waals surface area contributed by atoms with Crippen LogP contribution in [0.4, 0.5) is 10.5 Å². The van der Waals surface area contributed by atoms with Gasteiger partial charge < -0.3 is 25.4 Å². The van der Waals surface area contributed by atoms with Crippen molar-refractivity contribution >= 4 is 64.4 Å². The van der Waals surface area contributed by atoms with E-state index < -0.39 is 38.2 Å². The highest BCUT2D eigenvalue weighted by molar-refractivity contribution is 7.54. The van der Waals surface area contributed by atoms with Crippen molar-refractivity contribution in [3.05, 3.63) is 70.2 Å². The molecule has 0 aliphatic rings. The van der Waals surface area contributed by atoms with E-state index in [1.54, 1.807) is 67.8 Å². The van der Waals surface area contributed by atoms with Crippen LogP contribution in [0.1, 0.15) is 30.6 Å². The minimum Gasteiger partial charge on any atom is -0.432 e. The lowest BCUT2D eigenvalue weighted by atomic mass is 10.1. The van der Waals surface area contributed by atoms with E-state index in [1.165, 1.54) is 17.5 Å². The summed E-state index contributed by atoms with van der Waals surface area (Å²) in [5.74, 6) is -0.805. The first-order chi connectivity index (χ1) is 16.6. The van der Waals surface area contributed by atoms with Gasteiger partial charge in [0, 0.05) is 21.6 Å². The zero-order chi connectivity index (χ0) is 25.6. The molecule has 3 rings (SSSR count). The molecule has 0 bridgehead atoms. The largest absolute Gasteiger partial charge is 0.510 e. The molecule has 1 heterocycles. The zero-order valence-corrected chi connectivity index (χ0v) is 21.3. The van der Waals surface area contributed by atoms with Crippen LogP contribution in [0.2, 0.25) is 5.02 Å². The highest BCUT2D eigenvalue weighted by Gasteiger charge is 2.41. The molecule has 3 aromatic rings. The van der Waals surface area contributed by atoms with Gasteiger partial charge in [0.05, 0.1) is 6.10 Å². The fourth-order valence-electron chi connectivity index (χ4n) is 3.11. The molecule has 0 saturated heterocycles. The lowest BCUT2D eigenvalue weighted by molar-refractivity contribution is -0.120. The molecule has 0 aliphatic carbocycles. The van der Waals surface area contributed by atoms with Gasteiger partial charge in [-0.1, -0.05) is 23.7 Å². The molecule has 0 fully saturated rings. The number of amides is 1. The van der Waals surface area contributed by atoms with Crippen LogP contribution in [0.5, 0.6) is 0 Å². The molecule has 0 saturated carbocycles. The summed E-state index contributed by atoms with van der Waals surface area (Å²) in [7, 11) is -4.71. The summed E-state index contributed by atoms with van der Waals surface area (Å²) in [6.07, 6.45) is 1.40. The molecule has 9 nitrogen and oxygen atoms in total. The molecule has 0 spiro atoms. The first kappa shape index (κ1) is 26.7. The smallest absolute Gasteiger partial charge is 0.432 e. The Morgan fingerprint density at radius 1 is 1.26 bits per heavy atom. The van der Waals surface area contributed by atoms with Gasteiger partial charge in [0.25, 0.3) is 0 Å². The molecule has 2 aromatic carbocycles. The van der Waals surface area contributed by atoms with Gasteiger partial charge in [-0.2, -0.15) is 0 Å². The van der Waals surface area contributed by atoms with Gasteiger partial charge in [-0.25, -0.2) is 4.79 Å². The summed E-state index contributed by atoms with van der Waals surface area (Å²) < 4.78 is 28.5. The first-order valence-electron chi connectivity index (χ1n) is 10.4. The second-order valence-electron chi connectivity index (χ2n) is 7.62. The van der Waals surface area contributed by atoms with Crippen molar-refractivity contribution in [3.8, 4) is 0 Å². The van der Waals surface area contributed by atoms with Crippen molar-refractivity contribution < 1.29 is 33.0 Å². The fourth-order valence-corrected chi connectivity index (χ4v) is 5.64. The lowest BCUT2D eigenvalue weighted by Gasteiger charge is -2.21. The number of nitrogens with two attached hydrogens (primary N) is 1. The van der Waals surface area contributed by atoms with E-state index in [0.29, 0.717) is 16.1 Å². The topological polar surface area (TPSA) is 137 Å². The number of halogens is 1. The van der Waals surface area contributed by atoms with Gasteiger partial charge in [-0.15, -0.1) is 11.3 Å². The van der Waals surface area contributed by atoms with E-state index in [0.717, 1.165) is 10.3 Å². The van der Waals surface area contributed by atoms with Gasteiger partial charge in [-0.05, 0) is 72.1 Å². The number of rotatable bonds is 9. The summed E-state index contributed by atoms with van der Waals surface area (Å²) in [6, 6.07) is 12.0. The maximum absolute atomic E-state index is 13.2. The number of benzene rings is 2. The Labute approximate surface area is 211 Å². The molecule has 1 amide bonds. The number of fused-ring (bicyclic) bond motifs is 1. The van der Waals surface area contributed by atoms with Crippen molar-refractivity contribution in [1.82, 2.24) is 5.32 Å². The molecular weight excluding hydrogens is 515 g/mol. The van der Waals surface area contributed by atoms with Gasteiger partial charge in [0.2, 0.25) is 12.7 Å². The number of ether oxygens (including phenoxy) is 2. The first-order valence-corrected chi connectivity index (χ1v) is 13.3. The SMILES string of the molecule is CC(C)OC(=O)OCOP(=O)(O)C(C(=O)NC=Cc1cccc(N)c1)c1csc2ccc(Cl)cc12. The summed E-state index contributed by atoms with van der Waals surface area (Å²) in [5, 5.41) is 5.03. The normalized spacial score (nSPS) is 14.1. The predicted molar refractivity (Wildman–Crippen MR) is 136 cm³/mol. The van der Waals surface area contributed by atoms with Crippen LogP contribution in [-0.4, -0.2) is 29.9 Å². The molecule has 2 unspecified atom stereocenters. The summed E-state index contributed by atoms with van der Waals surface area (Å²) in [6.45, 7) is 2.35. The number of hydrogen-bond donors (Lipinski definition) is 3. The van der Waals surface area contributed by atoms with E-state index in [2.05, 4.69) is 5.32 Å². The Morgan fingerprint density at radius 3 is 2.74 bits per heavy atom. The number of anilines is 1. The zero-order valence-electron chi connectivity index (χ0n) is 18.8. The van der Waals surface area contributed by atoms with Gasteiger partial charge in [-0.3, -0.25) is 13.9 Å². The molecular formula is C23H24ClN2O7PS. The summed E-state index contributed by atoms with van der Waals surface area (Å²) in [5.41, 5.74) is 5.63. The number of nitrogen functional groups attached to an aromatic ring is 1. The Kier molecular flexibility index (Phi) is 8.93. The second-order valence-corrected chi connectivity index (χ2v) is 10.9. The van der Waals surface area contributed by atoms with Gasteiger partial charge in [0.15, 0.2) is 5.66 Å². The number of carbonyl (C=O) groups excluding carboxylic acids is 2. The van der Waals surface area contributed by atoms with Crippen LogP contribution in [0, 0.1) is 0 Å². The van der Waals surface area contributed by atoms with Crippen LogP contribution in [0.3, 0.4) is 0 Å². The molecule has 186 valence electrons. The maximum Gasteiger partial charge on any atom is 0.510 e. The number of thiophene rings is 1. The van der Waals surface area contributed by atoms with Crippen molar-refractivity contribution in [2.75, 3.05) is 12.5 Å². The monoisotopic (exact) mass is 538 g/mol. The van der Waals surface area contributed by atoms with Crippen molar-refractivity contribution in [2.24, 2.45) is 0 Å². The van der Waals surface area contributed by atoms with Crippen LogP contribution in [-0.2, 0) is 23.4 Å². The number of hydrogen-bond acceptors (Lipinski definition) is 8. The Balaban J connectivity index is 1.86. The van der Waals surface area contributed by atoms with Gasteiger partial charge >= 0.3 is 13.8 Å². The van der Waals surface area contributed by atoms with E-state index in [1.807, 2.05) is 0 Å². The molecule has 0 radical (unpaired) electrons. The lowest BCUT2D eigenvalue weighted by Crippen LogP contribution is -2.26. The highest BCUT2D eigenvalue weighted by atomic mass is 35.5. The van der Waals surface area contributed by atoms with Crippen molar-refractivity contribution in [1.29, 1.82) is 0 Å². The molecule has 4 N–H and O–H groups in total. The Morgan fingerprint density at radius 2 is 2.03 bits per heavy atom. The average molecular weight is 539 g/mol. The average Bonchev–Trinajstić information content (AvgIpc) is 3.15.